The summed E-state index contributed by atoms with van der Waals surface area (Å²) in [4.78, 5) is 2.23. The molecule has 1 rings (SSSR count). The molecule has 1 heterocycles. The first-order valence-electron chi connectivity index (χ1n) is 6.47. The molecule has 1 atom stereocenters. The number of hydrogen-bond donors (Lipinski definition) is 1. The third-order valence-electron chi connectivity index (χ3n) is 3.60. The molecular formula is C11H26N4O2S. The summed E-state index contributed by atoms with van der Waals surface area (Å²) in [5.74, 6) is 0. The Kier molecular flexibility index (Phi) is 6.00. The highest BCUT2D eigenvalue weighted by molar-refractivity contribution is 7.86. The van der Waals surface area contributed by atoms with Gasteiger partial charge in [-0.3, -0.25) is 0 Å². The van der Waals surface area contributed by atoms with Crippen LogP contribution in [0.4, 0.5) is 0 Å². The van der Waals surface area contributed by atoms with Crippen LogP contribution >= 0.6 is 0 Å². The van der Waals surface area contributed by atoms with E-state index in [1.54, 1.807) is 14.1 Å². The van der Waals surface area contributed by atoms with Gasteiger partial charge >= 0.3 is 0 Å². The zero-order valence-electron chi connectivity index (χ0n) is 11.7. The first-order chi connectivity index (χ1) is 8.39. The molecule has 0 amide bonds. The Hall–Kier alpha value is -0.210. The van der Waals surface area contributed by atoms with Crippen LogP contribution in [-0.2, 0) is 10.2 Å². The van der Waals surface area contributed by atoms with E-state index in [-0.39, 0.29) is 0 Å². The fourth-order valence-corrected chi connectivity index (χ4v) is 3.46. The van der Waals surface area contributed by atoms with Crippen molar-refractivity contribution in [2.75, 3.05) is 47.3 Å². The maximum Gasteiger partial charge on any atom is 0.281 e. The Morgan fingerprint density at radius 1 is 1.33 bits per heavy atom. The Balaban J connectivity index is 2.55. The van der Waals surface area contributed by atoms with E-state index in [0.717, 1.165) is 19.4 Å². The summed E-state index contributed by atoms with van der Waals surface area (Å²) < 4.78 is 27.3. The maximum atomic E-state index is 12.2. The van der Waals surface area contributed by atoms with Crippen molar-refractivity contribution < 1.29 is 8.42 Å². The van der Waals surface area contributed by atoms with Crippen molar-refractivity contribution in [1.82, 2.24) is 13.5 Å². The third-order valence-corrected chi connectivity index (χ3v) is 5.51. The van der Waals surface area contributed by atoms with Gasteiger partial charge in [0, 0.05) is 33.2 Å². The Morgan fingerprint density at radius 3 is 2.50 bits per heavy atom. The lowest BCUT2D eigenvalue weighted by molar-refractivity contribution is 0.263. The highest BCUT2D eigenvalue weighted by Crippen LogP contribution is 2.17. The minimum absolute atomic E-state index is 0.340. The quantitative estimate of drug-likeness (QED) is 0.684. The fraction of sp³-hybridized carbons (Fsp3) is 1.00. The Labute approximate surface area is 111 Å². The number of likely N-dealkylation sites (tertiary alicyclic amines) is 1. The zero-order valence-corrected chi connectivity index (χ0v) is 12.5. The standard InChI is InChI=1S/C11H26N4O2S/c1-13-8-4-6-11(13)10-15(3)18(16,17)14(2)9-5-7-12/h11H,4-10,12H2,1-3H3. The minimum atomic E-state index is -3.34. The molecule has 0 radical (unpaired) electrons. The minimum Gasteiger partial charge on any atom is -0.330 e. The van der Waals surface area contributed by atoms with Gasteiger partial charge < -0.3 is 10.6 Å². The second kappa shape index (κ2) is 6.81. The molecular weight excluding hydrogens is 252 g/mol. The zero-order chi connectivity index (χ0) is 13.8. The molecule has 2 N–H and O–H groups in total. The van der Waals surface area contributed by atoms with Crippen molar-refractivity contribution in [2.24, 2.45) is 5.73 Å². The molecule has 0 spiro atoms. The van der Waals surface area contributed by atoms with E-state index >= 15 is 0 Å². The SMILES string of the molecule is CN1CCCC1CN(C)S(=O)(=O)N(C)CCCN. The molecule has 6 nitrogen and oxygen atoms in total. The lowest BCUT2D eigenvalue weighted by atomic mass is 10.2. The van der Waals surface area contributed by atoms with Gasteiger partial charge in [0.2, 0.25) is 0 Å². The van der Waals surface area contributed by atoms with Crippen LogP contribution in [0.5, 0.6) is 0 Å². The van der Waals surface area contributed by atoms with E-state index in [0.29, 0.717) is 32.1 Å². The average Bonchev–Trinajstić information content (AvgIpc) is 2.71. The second-order valence-corrected chi connectivity index (χ2v) is 7.17. The van der Waals surface area contributed by atoms with Crippen molar-refractivity contribution in [1.29, 1.82) is 0 Å². The van der Waals surface area contributed by atoms with Gasteiger partial charge in [0.25, 0.3) is 10.2 Å². The third kappa shape index (κ3) is 3.89. The van der Waals surface area contributed by atoms with Crippen LogP contribution in [0, 0.1) is 0 Å². The first-order valence-corrected chi connectivity index (χ1v) is 7.87. The maximum absolute atomic E-state index is 12.2. The molecule has 0 aliphatic carbocycles. The number of likely N-dealkylation sites (N-methyl/N-ethyl adjacent to an activating group) is 2. The van der Waals surface area contributed by atoms with E-state index in [9.17, 15) is 8.42 Å². The van der Waals surface area contributed by atoms with E-state index in [2.05, 4.69) is 11.9 Å². The monoisotopic (exact) mass is 278 g/mol. The van der Waals surface area contributed by atoms with Crippen LogP contribution in [-0.4, -0.2) is 75.3 Å². The van der Waals surface area contributed by atoms with Crippen molar-refractivity contribution in [2.45, 2.75) is 25.3 Å². The van der Waals surface area contributed by atoms with Crippen LogP contribution in [0.3, 0.4) is 0 Å². The lowest BCUT2D eigenvalue weighted by Gasteiger charge is -2.28. The summed E-state index contributed by atoms with van der Waals surface area (Å²) >= 11 is 0. The molecule has 0 aromatic heterocycles. The second-order valence-electron chi connectivity index (χ2n) is 5.03. The summed E-state index contributed by atoms with van der Waals surface area (Å²) in [6.45, 7) is 2.60. The van der Waals surface area contributed by atoms with Crippen LogP contribution in [0.25, 0.3) is 0 Å². The highest BCUT2D eigenvalue weighted by atomic mass is 32.2. The van der Waals surface area contributed by atoms with Gasteiger partial charge in [-0.15, -0.1) is 0 Å². The fourth-order valence-electron chi connectivity index (χ4n) is 2.27. The van der Waals surface area contributed by atoms with Gasteiger partial charge in [-0.05, 0) is 39.4 Å². The normalized spacial score (nSPS) is 22.2. The van der Waals surface area contributed by atoms with Gasteiger partial charge in [-0.1, -0.05) is 0 Å². The van der Waals surface area contributed by atoms with Crippen molar-refractivity contribution >= 4 is 10.2 Å². The molecule has 0 saturated carbocycles. The smallest absolute Gasteiger partial charge is 0.281 e. The molecule has 1 aliphatic rings. The van der Waals surface area contributed by atoms with Gasteiger partial charge in [-0.25, -0.2) is 0 Å². The van der Waals surface area contributed by atoms with Gasteiger partial charge in [0.05, 0.1) is 0 Å². The first kappa shape index (κ1) is 15.8. The summed E-state index contributed by atoms with van der Waals surface area (Å²) in [6.07, 6.45) is 2.91. The summed E-state index contributed by atoms with van der Waals surface area (Å²) in [5.41, 5.74) is 5.40. The average molecular weight is 278 g/mol. The van der Waals surface area contributed by atoms with E-state index < -0.39 is 10.2 Å². The molecule has 1 fully saturated rings. The highest BCUT2D eigenvalue weighted by Gasteiger charge is 2.29. The van der Waals surface area contributed by atoms with Gasteiger partial charge in [0.15, 0.2) is 0 Å². The predicted octanol–water partition coefficient (Wildman–Crippen LogP) is -0.462. The molecule has 0 aromatic rings. The summed E-state index contributed by atoms with van der Waals surface area (Å²) in [6, 6.07) is 0.340. The molecule has 1 unspecified atom stereocenters. The van der Waals surface area contributed by atoms with Crippen LogP contribution < -0.4 is 5.73 Å². The van der Waals surface area contributed by atoms with Crippen molar-refractivity contribution in [3.8, 4) is 0 Å². The molecule has 18 heavy (non-hydrogen) atoms. The van der Waals surface area contributed by atoms with Crippen LogP contribution in [0.15, 0.2) is 0 Å². The van der Waals surface area contributed by atoms with E-state index in [1.165, 1.54) is 8.61 Å². The van der Waals surface area contributed by atoms with Crippen LogP contribution in [0.1, 0.15) is 19.3 Å². The topological polar surface area (TPSA) is 69.9 Å². The molecule has 1 aliphatic heterocycles. The number of nitrogens with two attached hydrogens (primary N) is 1. The molecule has 108 valence electrons. The van der Waals surface area contributed by atoms with Gasteiger partial charge in [0.1, 0.15) is 0 Å². The number of rotatable bonds is 7. The molecule has 0 aromatic carbocycles. The Bertz CT molecular complexity index is 347. The summed E-state index contributed by atoms with van der Waals surface area (Å²) in [7, 11) is 1.98. The largest absolute Gasteiger partial charge is 0.330 e. The summed E-state index contributed by atoms with van der Waals surface area (Å²) in [5, 5.41) is 0. The van der Waals surface area contributed by atoms with Crippen molar-refractivity contribution in [3.05, 3.63) is 0 Å². The predicted molar refractivity (Wildman–Crippen MR) is 73.5 cm³/mol. The Morgan fingerprint density at radius 2 is 2.00 bits per heavy atom. The molecule has 0 bridgehead atoms. The van der Waals surface area contributed by atoms with Crippen molar-refractivity contribution in [3.63, 3.8) is 0 Å². The molecule has 1 saturated heterocycles. The number of hydrogen-bond acceptors (Lipinski definition) is 4. The lowest BCUT2D eigenvalue weighted by Crippen LogP contribution is -2.45. The van der Waals surface area contributed by atoms with E-state index in [1.807, 2.05) is 0 Å². The van der Waals surface area contributed by atoms with Crippen LogP contribution in [0.2, 0.25) is 0 Å². The molecule has 7 heteroatoms. The van der Waals surface area contributed by atoms with E-state index in [4.69, 9.17) is 5.73 Å². The number of nitrogens with zero attached hydrogens (tertiary/aromatic N) is 3. The van der Waals surface area contributed by atoms with Gasteiger partial charge in [-0.2, -0.15) is 17.0 Å².